The van der Waals surface area contributed by atoms with Crippen LogP contribution >= 0.6 is 30.7 Å². The second kappa shape index (κ2) is 6.95. The normalized spacial score (nSPS) is 11.1. The second-order valence-electron chi connectivity index (χ2n) is 6.91. The number of hydrogen-bond acceptors (Lipinski definition) is 1. The molecule has 0 aromatic heterocycles. The van der Waals surface area contributed by atoms with E-state index >= 15 is 0 Å². The van der Waals surface area contributed by atoms with Crippen molar-refractivity contribution in [1.29, 1.82) is 0 Å². The number of thiocarbonyl (C=S) groups is 1. The molecule has 2 rings (SSSR count). The van der Waals surface area contributed by atoms with Crippen LogP contribution in [0, 0.1) is 55.4 Å². The van der Waals surface area contributed by atoms with Crippen LogP contribution in [0.4, 0.5) is 0 Å². The fourth-order valence-electron chi connectivity index (χ4n) is 3.39. The van der Waals surface area contributed by atoms with Crippen molar-refractivity contribution >= 4 is 46.2 Å². The molecular weight excluding hydrogens is 346 g/mol. The highest BCUT2D eigenvalue weighted by Gasteiger charge is 2.21. The maximum Gasteiger partial charge on any atom is 0.0540 e. The van der Waals surface area contributed by atoms with Crippen molar-refractivity contribution in [3.8, 4) is 0 Å². The summed E-state index contributed by atoms with van der Waals surface area (Å²) in [5, 5.41) is 2.47. The predicted octanol–water partition coefficient (Wildman–Crippen LogP) is 4.92. The molecule has 128 valence electrons. The van der Waals surface area contributed by atoms with Crippen LogP contribution in [-0.2, 0) is 0 Å². The van der Waals surface area contributed by atoms with Crippen LogP contribution in [0.15, 0.2) is 0 Å². The molecule has 0 heterocycles. The molecular formula is C21H28P2S. The Bertz CT molecular complexity index is 747. The first-order chi connectivity index (χ1) is 11.0. The van der Waals surface area contributed by atoms with E-state index in [0.29, 0.717) is 0 Å². The molecule has 0 bridgehead atoms. The van der Waals surface area contributed by atoms with Crippen LogP contribution in [0.2, 0.25) is 0 Å². The van der Waals surface area contributed by atoms with Crippen molar-refractivity contribution in [2.45, 2.75) is 55.4 Å². The van der Waals surface area contributed by atoms with Crippen molar-refractivity contribution in [3.05, 3.63) is 55.6 Å². The van der Waals surface area contributed by atoms with Crippen LogP contribution in [-0.4, -0.2) is 4.86 Å². The van der Waals surface area contributed by atoms with E-state index in [0.717, 1.165) is 4.86 Å². The van der Waals surface area contributed by atoms with Gasteiger partial charge in [0.25, 0.3) is 0 Å². The largest absolute Gasteiger partial charge is 0.105 e. The topological polar surface area (TPSA) is 0 Å². The van der Waals surface area contributed by atoms with E-state index in [1.807, 2.05) is 0 Å². The zero-order valence-electron chi connectivity index (χ0n) is 16.1. The molecule has 3 heteroatoms. The average Bonchev–Trinajstić information content (AvgIpc) is 2.55. The Hall–Kier alpha value is -0.610. The standard InChI is InChI=1S/C21H28P2S/c1-9-11(3)15(7)19(22)17(13(9)5)21(24)18-14(6)10(2)12(4)16(8)20(18)23/h22-23H2,1-8H3. The van der Waals surface area contributed by atoms with E-state index in [9.17, 15) is 0 Å². The van der Waals surface area contributed by atoms with Crippen LogP contribution in [0.25, 0.3) is 0 Å². The smallest absolute Gasteiger partial charge is 0.0540 e. The lowest BCUT2D eigenvalue weighted by atomic mass is 9.87. The zero-order valence-corrected chi connectivity index (χ0v) is 19.2. The van der Waals surface area contributed by atoms with Crippen LogP contribution < -0.4 is 10.6 Å². The van der Waals surface area contributed by atoms with E-state index in [-0.39, 0.29) is 0 Å². The van der Waals surface area contributed by atoms with Gasteiger partial charge in [0, 0.05) is 11.1 Å². The third-order valence-electron chi connectivity index (χ3n) is 5.93. The maximum atomic E-state index is 6.04. The van der Waals surface area contributed by atoms with Gasteiger partial charge in [-0.25, -0.2) is 0 Å². The highest BCUT2D eigenvalue weighted by Crippen LogP contribution is 2.28. The Labute approximate surface area is 157 Å². The number of hydrogen-bond donors (Lipinski definition) is 0. The molecule has 0 aliphatic carbocycles. The lowest BCUT2D eigenvalue weighted by Gasteiger charge is -2.23. The van der Waals surface area contributed by atoms with Gasteiger partial charge >= 0.3 is 0 Å². The summed E-state index contributed by atoms with van der Waals surface area (Å²) >= 11 is 6.04. The van der Waals surface area contributed by atoms with Crippen molar-refractivity contribution in [2.24, 2.45) is 0 Å². The van der Waals surface area contributed by atoms with Gasteiger partial charge in [-0.1, -0.05) is 12.2 Å². The molecule has 2 unspecified atom stereocenters. The fraction of sp³-hybridized carbons (Fsp3) is 0.381. The van der Waals surface area contributed by atoms with Crippen molar-refractivity contribution in [3.63, 3.8) is 0 Å². The van der Waals surface area contributed by atoms with Gasteiger partial charge < -0.3 is 0 Å². The molecule has 2 aromatic rings. The SMILES string of the molecule is Cc1c(C)c(C)c(C(=S)c2c(C)c(C)c(C)c(C)c2P)c(P)c1C. The molecule has 0 saturated carbocycles. The summed E-state index contributed by atoms with van der Waals surface area (Å²) in [7, 11) is 5.85. The quantitative estimate of drug-likeness (QED) is 0.408. The molecule has 2 atom stereocenters. The van der Waals surface area contributed by atoms with Gasteiger partial charge in [0.2, 0.25) is 0 Å². The van der Waals surface area contributed by atoms with E-state index in [1.54, 1.807) is 0 Å². The van der Waals surface area contributed by atoms with Crippen LogP contribution in [0.3, 0.4) is 0 Å². The summed E-state index contributed by atoms with van der Waals surface area (Å²) in [6.45, 7) is 17.6. The Morgan fingerprint density at radius 2 is 0.750 bits per heavy atom. The summed E-state index contributed by atoms with van der Waals surface area (Å²) in [5.74, 6) is 0. The monoisotopic (exact) mass is 374 g/mol. The lowest BCUT2D eigenvalue weighted by Crippen LogP contribution is -2.24. The molecule has 2 aromatic carbocycles. The molecule has 0 radical (unpaired) electrons. The van der Waals surface area contributed by atoms with Gasteiger partial charge in [-0.3, -0.25) is 0 Å². The Kier molecular flexibility index (Phi) is 5.71. The summed E-state index contributed by atoms with van der Waals surface area (Å²) in [4.78, 5) is 0.970. The molecule has 0 amide bonds. The molecule has 0 N–H and O–H groups in total. The van der Waals surface area contributed by atoms with Gasteiger partial charge in [0.1, 0.15) is 0 Å². The van der Waals surface area contributed by atoms with E-state index in [2.05, 4.69) is 73.9 Å². The lowest BCUT2D eigenvalue weighted by molar-refractivity contribution is 1.22. The molecule has 0 fully saturated rings. The van der Waals surface area contributed by atoms with E-state index in [4.69, 9.17) is 12.2 Å². The first-order valence-electron chi connectivity index (χ1n) is 8.28. The fourth-order valence-corrected chi connectivity index (χ4v) is 5.28. The molecule has 0 aliphatic rings. The highest BCUT2D eigenvalue weighted by molar-refractivity contribution is 7.81. The predicted molar refractivity (Wildman–Crippen MR) is 120 cm³/mol. The van der Waals surface area contributed by atoms with E-state index < -0.39 is 0 Å². The van der Waals surface area contributed by atoms with Gasteiger partial charge in [0.05, 0.1) is 4.86 Å². The average molecular weight is 374 g/mol. The van der Waals surface area contributed by atoms with Crippen molar-refractivity contribution < 1.29 is 0 Å². The first kappa shape index (κ1) is 19.7. The highest BCUT2D eigenvalue weighted by atomic mass is 32.1. The van der Waals surface area contributed by atoms with Gasteiger partial charge in [-0.15, -0.1) is 18.5 Å². The minimum Gasteiger partial charge on any atom is -0.105 e. The Balaban J connectivity index is 2.87. The maximum absolute atomic E-state index is 6.04. The third-order valence-corrected chi connectivity index (χ3v) is 7.78. The summed E-state index contributed by atoms with van der Waals surface area (Å²) in [6, 6.07) is 0. The minimum atomic E-state index is 0.970. The van der Waals surface area contributed by atoms with Crippen LogP contribution in [0.5, 0.6) is 0 Å². The third kappa shape index (κ3) is 2.90. The van der Waals surface area contributed by atoms with Gasteiger partial charge in [-0.2, -0.15) is 0 Å². The molecule has 0 nitrogen and oxygen atoms in total. The van der Waals surface area contributed by atoms with Crippen molar-refractivity contribution in [2.75, 3.05) is 0 Å². The summed E-state index contributed by atoms with van der Waals surface area (Å²) in [6.07, 6.45) is 0. The summed E-state index contributed by atoms with van der Waals surface area (Å²) in [5.41, 5.74) is 13.1. The zero-order chi connectivity index (χ0) is 18.5. The number of benzene rings is 2. The molecule has 0 saturated heterocycles. The van der Waals surface area contributed by atoms with Crippen LogP contribution in [0.1, 0.15) is 55.6 Å². The van der Waals surface area contributed by atoms with E-state index in [1.165, 1.54) is 66.2 Å². The molecule has 0 aliphatic heterocycles. The Morgan fingerprint density at radius 3 is 1.04 bits per heavy atom. The van der Waals surface area contributed by atoms with Crippen molar-refractivity contribution in [1.82, 2.24) is 0 Å². The second-order valence-corrected chi connectivity index (χ2v) is 8.47. The van der Waals surface area contributed by atoms with Gasteiger partial charge in [-0.05, 0) is 111 Å². The molecule has 0 spiro atoms. The first-order valence-corrected chi connectivity index (χ1v) is 9.84. The molecule has 24 heavy (non-hydrogen) atoms. The van der Waals surface area contributed by atoms with Gasteiger partial charge in [0.15, 0.2) is 0 Å². The number of rotatable bonds is 2. The minimum absolute atomic E-state index is 0.970. The summed E-state index contributed by atoms with van der Waals surface area (Å²) < 4.78 is 0. The Morgan fingerprint density at radius 1 is 0.500 bits per heavy atom.